The summed E-state index contributed by atoms with van der Waals surface area (Å²) >= 11 is 6.19. The lowest BCUT2D eigenvalue weighted by Gasteiger charge is -2.54. The van der Waals surface area contributed by atoms with E-state index in [-0.39, 0.29) is 35.4 Å². The van der Waals surface area contributed by atoms with Gasteiger partial charge < -0.3 is 4.74 Å². The number of halogens is 2. The number of fused-ring (bicyclic) bond motifs is 1. The van der Waals surface area contributed by atoms with Gasteiger partial charge in [-0.05, 0) is 73.1 Å². The van der Waals surface area contributed by atoms with Gasteiger partial charge in [-0.25, -0.2) is 8.42 Å². The molecule has 1 saturated carbocycles. The molecule has 5 nitrogen and oxygen atoms in total. The first-order chi connectivity index (χ1) is 16.4. The highest BCUT2D eigenvalue weighted by Gasteiger charge is 2.50. The van der Waals surface area contributed by atoms with Crippen LogP contribution in [0.15, 0.2) is 42.5 Å². The predicted octanol–water partition coefficient (Wildman–Crippen LogP) is 5.90. The standard InChI is InChI=1S/C27H33ClN2O3S.ClH/c1-2-18-34(31,32)19-4-17-33-24-10-5-21-11-15-30(16-14-29)26(25(21)20-24)27(12-3-13-27)22-6-8-23(28)9-7-22;/h5-10,20,26H,2-4,11-13,15-19H2,1H3;1H. The summed E-state index contributed by atoms with van der Waals surface area (Å²) < 4.78 is 30.0. The van der Waals surface area contributed by atoms with Crippen molar-refractivity contribution in [1.82, 2.24) is 4.90 Å². The van der Waals surface area contributed by atoms with Crippen LogP contribution in [0.2, 0.25) is 5.02 Å². The van der Waals surface area contributed by atoms with Crippen LogP contribution in [0.3, 0.4) is 0 Å². The molecule has 0 spiro atoms. The van der Waals surface area contributed by atoms with Crippen molar-refractivity contribution in [3.05, 3.63) is 64.2 Å². The average Bonchev–Trinajstić information content (AvgIpc) is 2.78. The molecule has 2 aromatic carbocycles. The Balaban J connectivity index is 0.00000342. The number of sulfone groups is 1. The molecular weight excluding hydrogens is 503 g/mol. The quantitative estimate of drug-likeness (QED) is 0.279. The third-order valence-corrected chi connectivity index (χ3v) is 9.48. The Morgan fingerprint density at radius 3 is 2.54 bits per heavy atom. The lowest BCUT2D eigenvalue weighted by Crippen LogP contribution is -2.51. The molecular formula is C27H34Cl2N2O3S. The molecule has 8 heteroatoms. The smallest absolute Gasteiger partial charge is 0.150 e. The second kappa shape index (κ2) is 12.0. The van der Waals surface area contributed by atoms with E-state index in [2.05, 4.69) is 35.2 Å². The van der Waals surface area contributed by atoms with E-state index in [1.54, 1.807) is 0 Å². The molecule has 0 N–H and O–H groups in total. The number of hydrogen-bond donors (Lipinski definition) is 0. The van der Waals surface area contributed by atoms with Crippen molar-refractivity contribution in [3.8, 4) is 11.8 Å². The summed E-state index contributed by atoms with van der Waals surface area (Å²) in [6.07, 6.45) is 5.33. The first kappa shape index (κ1) is 27.8. The van der Waals surface area contributed by atoms with Gasteiger partial charge >= 0.3 is 0 Å². The largest absolute Gasteiger partial charge is 0.494 e. The molecule has 1 fully saturated rings. The number of hydrogen-bond acceptors (Lipinski definition) is 5. The summed E-state index contributed by atoms with van der Waals surface area (Å²) in [4.78, 5) is 2.32. The average molecular weight is 538 g/mol. The molecule has 2 aromatic rings. The van der Waals surface area contributed by atoms with Crippen LogP contribution in [0.25, 0.3) is 0 Å². The highest BCUT2D eigenvalue weighted by Crippen LogP contribution is 2.56. The van der Waals surface area contributed by atoms with Crippen LogP contribution in [0.1, 0.15) is 61.8 Å². The van der Waals surface area contributed by atoms with Gasteiger partial charge in [-0.3, -0.25) is 4.90 Å². The zero-order chi connectivity index (χ0) is 24.2. The monoisotopic (exact) mass is 536 g/mol. The Hall–Kier alpha value is -1.78. The van der Waals surface area contributed by atoms with Crippen molar-refractivity contribution in [2.75, 3.05) is 31.2 Å². The van der Waals surface area contributed by atoms with Crippen LogP contribution < -0.4 is 4.74 Å². The van der Waals surface area contributed by atoms with Crippen molar-refractivity contribution in [2.45, 2.75) is 56.9 Å². The van der Waals surface area contributed by atoms with Gasteiger partial charge in [-0.1, -0.05) is 43.1 Å². The number of benzene rings is 2. The Kier molecular flexibility index (Phi) is 9.51. The minimum absolute atomic E-state index is 0. The first-order valence-corrected chi connectivity index (χ1v) is 14.4. The van der Waals surface area contributed by atoms with Crippen molar-refractivity contribution < 1.29 is 13.2 Å². The molecule has 2 aliphatic rings. The van der Waals surface area contributed by atoms with Gasteiger partial charge in [0, 0.05) is 28.8 Å². The Labute approximate surface area is 220 Å². The minimum atomic E-state index is -3.00. The van der Waals surface area contributed by atoms with E-state index in [1.165, 1.54) is 16.7 Å². The Morgan fingerprint density at radius 2 is 1.91 bits per heavy atom. The molecule has 0 aromatic heterocycles. The van der Waals surface area contributed by atoms with E-state index in [0.717, 1.165) is 43.0 Å². The maximum absolute atomic E-state index is 12.0. The van der Waals surface area contributed by atoms with Crippen LogP contribution in [-0.2, 0) is 21.7 Å². The second-order valence-corrected chi connectivity index (χ2v) is 12.3. The SMILES string of the molecule is CCCS(=O)(=O)CCCOc1ccc2c(c1)C(C1(c3ccc(Cl)cc3)CCC1)N(CC#N)CC2.Cl. The van der Waals surface area contributed by atoms with Crippen molar-refractivity contribution in [2.24, 2.45) is 0 Å². The summed E-state index contributed by atoms with van der Waals surface area (Å²) in [5, 5.41) is 10.3. The van der Waals surface area contributed by atoms with Crippen molar-refractivity contribution in [3.63, 3.8) is 0 Å². The van der Waals surface area contributed by atoms with Crippen LogP contribution in [0.5, 0.6) is 5.75 Å². The molecule has 4 rings (SSSR count). The summed E-state index contributed by atoms with van der Waals surface area (Å²) in [6, 6.07) is 16.9. The van der Waals surface area contributed by atoms with Crippen LogP contribution in [0.4, 0.5) is 0 Å². The van der Waals surface area contributed by atoms with E-state index in [9.17, 15) is 13.7 Å². The topological polar surface area (TPSA) is 70.4 Å². The third kappa shape index (κ3) is 6.14. The fraction of sp³-hybridized carbons (Fsp3) is 0.519. The Bertz CT molecular complexity index is 1140. The molecule has 190 valence electrons. The molecule has 0 bridgehead atoms. The Morgan fingerprint density at radius 1 is 1.17 bits per heavy atom. The normalized spacial score (nSPS) is 19.1. The summed E-state index contributed by atoms with van der Waals surface area (Å²) in [7, 11) is -3.00. The van der Waals surface area contributed by atoms with Gasteiger partial charge in [0.2, 0.25) is 0 Å². The highest BCUT2D eigenvalue weighted by molar-refractivity contribution is 7.91. The highest BCUT2D eigenvalue weighted by atomic mass is 35.5. The molecule has 1 unspecified atom stereocenters. The van der Waals surface area contributed by atoms with E-state index in [4.69, 9.17) is 16.3 Å². The van der Waals surface area contributed by atoms with E-state index < -0.39 is 9.84 Å². The number of nitrogens with zero attached hydrogens (tertiary/aromatic N) is 2. The van der Waals surface area contributed by atoms with Crippen molar-refractivity contribution >= 4 is 33.8 Å². The zero-order valence-electron chi connectivity index (χ0n) is 20.2. The van der Waals surface area contributed by atoms with Crippen molar-refractivity contribution in [1.29, 1.82) is 5.26 Å². The number of nitriles is 1. The minimum Gasteiger partial charge on any atom is -0.494 e. The molecule has 0 saturated heterocycles. The number of rotatable bonds is 10. The lowest BCUT2D eigenvalue weighted by atomic mass is 9.57. The number of ether oxygens (including phenoxy) is 1. The van der Waals surface area contributed by atoms with Crippen LogP contribution in [0, 0.1) is 11.3 Å². The molecule has 1 aliphatic carbocycles. The molecule has 1 heterocycles. The predicted molar refractivity (Wildman–Crippen MR) is 143 cm³/mol. The lowest BCUT2D eigenvalue weighted by molar-refractivity contribution is 0.0619. The van der Waals surface area contributed by atoms with Gasteiger partial charge in [0.15, 0.2) is 0 Å². The summed E-state index contributed by atoms with van der Waals surface area (Å²) in [5.41, 5.74) is 3.75. The molecule has 0 radical (unpaired) electrons. The molecule has 0 amide bonds. The van der Waals surface area contributed by atoms with Gasteiger partial charge in [0.25, 0.3) is 0 Å². The fourth-order valence-electron chi connectivity index (χ4n) is 5.58. The van der Waals surface area contributed by atoms with Gasteiger partial charge in [-0.2, -0.15) is 5.26 Å². The van der Waals surface area contributed by atoms with Gasteiger partial charge in [0.05, 0.1) is 25.0 Å². The third-order valence-electron chi connectivity index (χ3n) is 7.29. The summed E-state index contributed by atoms with van der Waals surface area (Å²) in [5.74, 6) is 1.15. The van der Waals surface area contributed by atoms with E-state index in [1.807, 2.05) is 25.1 Å². The van der Waals surface area contributed by atoms with E-state index >= 15 is 0 Å². The molecule has 35 heavy (non-hydrogen) atoms. The fourth-order valence-corrected chi connectivity index (χ4v) is 7.09. The maximum atomic E-state index is 12.0. The van der Waals surface area contributed by atoms with Crippen LogP contribution in [-0.4, -0.2) is 44.5 Å². The molecule has 1 aliphatic heterocycles. The van der Waals surface area contributed by atoms with E-state index in [0.29, 0.717) is 26.0 Å². The van der Waals surface area contributed by atoms with Gasteiger partial charge in [0.1, 0.15) is 15.6 Å². The molecule has 1 atom stereocenters. The zero-order valence-corrected chi connectivity index (χ0v) is 22.6. The summed E-state index contributed by atoms with van der Waals surface area (Å²) in [6.45, 7) is 3.50. The maximum Gasteiger partial charge on any atom is 0.150 e. The van der Waals surface area contributed by atoms with Gasteiger partial charge in [-0.15, -0.1) is 12.4 Å². The van der Waals surface area contributed by atoms with Crippen LogP contribution >= 0.6 is 24.0 Å². The first-order valence-electron chi connectivity index (χ1n) is 12.2. The second-order valence-electron chi connectivity index (χ2n) is 9.51.